The first-order chi connectivity index (χ1) is 14.8. The summed E-state index contributed by atoms with van der Waals surface area (Å²) >= 11 is 3.20. The number of hydrogen-bond donors (Lipinski definition) is 3. The Labute approximate surface area is 189 Å². The van der Waals surface area contributed by atoms with Crippen LogP contribution in [0.2, 0.25) is 0 Å². The van der Waals surface area contributed by atoms with E-state index in [9.17, 15) is 4.79 Å². The van der Waals surface area contributed by atoms with Gasteiger partial charge < -0.3 is 15.6 Å². The van der Waals surface area contributed by atoms with Gasteiger partial charge in [-0.2, -0.15) is 4.98 Å². The minimum absolute atomic E-state index is 0.0153. The van der Waals surface area contributed by atoms with Crippen LogP contribution in [0.15, 0.2) is 50.1 Å². The number of fused-ring (bicyclic) bond motifs is 1. The Kier molecular flexibility index (Phi) is 7.82. The van der Waals surface area contributed by atoms with Gasteiger partial charge in [0.25, 0.3) is 5.56 Å². The van der Waals surface area contributed by atoms with Crippen molar-refractivity contribution in [1.29, 1.82) is 0 Å². The van der Waals surface area contributed by atoms with Crippen LogP contribution in [-0.4, -0.2) is 49.2 Å². The van der Waals surface area contributed by atoms with Crippen molar-refractivity contribution in [3.05, 3.63) is 40.7 Å². The van der Waals surface area contributed by atoms with Gasteiger partial charge in [0.05, 0.1) is 12.2 Å². The van der Waals surface area contributed by atoms with Crippen LogP contribution in [0.25, 0.3) is 17.4 Å². The van der Waals surface area contributed by atoms with Crippen molar-refractivity contribution in [3.8, 4) is 0 Å². The molecule has 0 aliphatic rings. The normalized spacial score (nSPS) is 12.3. The van der Waals surface area contributed by atoms with Crippen molar-refractivity contribution in [3.63, 3.8) is 0 Å². The number of rotatable bonds is 10. The fourth-order valence-corrected chi connectivity index (χ4v) is 4.95. The van der Waals surface area contributed by atoms with Crippen LogP contribution in [0.1, 0.15) is 27.2 Å². The van der Waals surface area contributed by atoms with Crippen molar-refractivity contribution < 1.29 is 9.84 Å². The summed E-state index contributed by atoms with van der Waals surface area (Å²) in [6.45, 7) is 6.81. The van der Waals surface area contributed by atoms with E-state index in [1.54, 1.807) is 28.6 Å². The molecule has 0 unspecified atom stereocenters. The van der Waals surface area contributed by atoms with Crippen LogP contribution in [0.3, 0.4) is 0 Å². The van der Waals surface area contributed by atoms with Crippen LogP contribution < -0.4 is 11.3 Å². The van der Waals surface area contributed by atoms with Crippen LogP contribution in [0.4, 0.5) is 5.95 Å². The molecule has 166 valence electrons. The molecule has 0 fully saturated rings. The van der Waals surface area contributed by atoms with Gasteiger partial charge >= 0.3 is 0 Å². The number of aliphatic hydroxyl groups excluding tert-OH is 1. The van der Waals surface area contributed by atoms with E-state index in [2.05, 4.69) is 40.9 Å². The summed E-state index contributed by atoms with van der Waals surface area (Å²) in [4.78, 5) is 25.4. The van der Waals surface area contributed by atoms with E-state index < -0.39 is 5.56 Å². The quantitative estimate of drug-likeness (QED) is 0.392. The Morgan fingerprint density at radius 3 is 2.65 bits per heavy atom. The highest BCUT2D eigenvalue weighted by Gasteiger charge is 2.17. The van der Waals surface area contributed by atoms with Gasteiger partial charge in [0.2, 0.25) is 5.95 Å². The molecule has 2 heterocycles. The third-order valence-electron chi connectivity index (χ3n) is 4.44. The lowest BCUT2D eigenvalue weighted by Crippen LogP contribution is -2.25. The first kappa shape index (κ1) is 23.4. The number of aromatic nitrogens is 4. The molecule has 8 nitrogen and oxygen atoms in total. The van der Waals surface area contributed by atoms with E-state index in [1.165, 1.54) is 16.7 Å². The van der Waals surface area contributed by atoms with Crippen molar-refractivity contribution >= 4 is 46.8 Å². The molecule has 0 aliphatic heterocycles. The SMILES string of the molecule is CCOC(C)(C)CCSc1ccc(Sc2nc3c(=O)[nH]c(N)nc3n2C=CCO)cc1. The number of benzene rings is 1. The predicted molar refractivity (Wildman–Crippen MR) is 127 cm³/mol. The minimum atomic E-state index is -0.401. The molecule has 0 saturated carbocycles. The van der Waals surface area contributed by atoms with E-state index in [-0.39, 0.29) is 23.7 Å². The van der Waals surface area contributed by atoms with E-state index >= 15 is 0 Å². The number of hydrogen-bond acceptors (Lipinski definition) is 8. The molecule has 0 amide bonds. The fourth-order valence-electron chi connectivity index (χ4n) is 2.93. The number of H-pyrrole nitrogens is 1. The van der Waals surface area contributed by atoms with E-state index in [0.29, 0.717) is 10.8 Å². The number of nitrogens with zero attached hydrogens (tertiary/aromatic N) is 3. The van der Waals surface area contributed by atoms with Crippen molar-refractivity contribution in [2.45, 2.75) is 47.7 Å². The number of aliphatic hydroxyl groups is 1. The van der Waals surface area contributed by atoms with Crippen molar-refractivity contribution in [2.24, 2.45) is 0 Å². The van der Waals surface area contributed by atoms with Gasteiger partial charge in [-0.25, -0.2) is 4.98 Å². The lowest BCUT2D eigenvalue weighted by atomic mass is 10.1. The molecule has 0 spiro atoms. The Hall–Kier alpha value is -2.27. The molecule has 0 radical (unpaired) electrons. The Bertz CT molecular complexity index is 1110. The third kappa shape index (κ3) is 6.13. The van der Waals surface area contributed by atoms with Gasteiger partial charge in [0, 0.05) is 28.4 Å². The van der Waals surface area contributed by atoms with Gasteiger partial charge in [0.1, 0.15) is 0 Å². The highest BCUT2D eigenvalue weighted by Crippen LogP contribution is 2.31. The molecule has 3 aromatic rings. The Balaban J connectivity index is 1.76. The number of nitrogens with one attached hydrogen (secondary N) is 1. The van der Waals surface area contributed by atoms with Gasteiger partial charge in [-0.15, -0.1) is 11.8 Å². The van der Waals surface area contributed by atoms with Gasteiger partial charge in [0.15, 0.2) is 16.3 Å². The monoisotopic (exact) mass is 461 g/mol. The smallest absolute Gasteiger partial charge is 0.280 e. The number of thioether (sulfide) groups is 1. The third-order valence-corrected chi connectivity index (χ3v) is 6.43. The minimum Gasteiger partial charge on any atom is -0.392 e. The molecule has 1 aromatic carbocycles. The molecule has 0 saturated heterocycles. The van der Waals surface area contributed by atoms with E-state index in [0.717, 1.165) is 23.7 Å². The largest absolute Gasteiger partial charge is 0.392 e. The number of anilines is 1. The first-order valence-corrected chi connectivity index (χ1v) is 11.7. The number of ether oxygens (including phenoxy) is 1. The van der Waals surface area contributed by atoms with E-state index in [4.69, 9.17) is 15.6 Å². The zero-order valence-electron chi connectivity index (χ0n) is 17.8. The molecule has 0 aliphatic carbocycles. The Morgan fingerprint density at radius 1 is 1.26 bits per heavy atom. The van der Waals surface area contributed by atoms with Crippen LogP contribution in [-0.2, 0) is 4.74 Å². The molecule has 31 heavy (non-hydrogen) atoms. The molecule has 4 N–H and O–H groups in total. The molecule has 0 bridgehead atoms. The maximum absolute atomic E-state index is 12.2. The molecule has 2 aromatic heterocycles. The zero-order chi connectivity index (χ0) is 22.4. The summed E-state index contributed by atoms with van der Waals surface area (Å²) in [5.41, 5.74) is 5.71. The highest BCUT2D eigenvalue weighted by atomic mass is 32.2. The first-order valence-electron chi connectivity index (χ1n) is 9.93. The lowest BCUT2D eigenvalue weighted by molar-refractivity contribution is -0.0116. The van der Waals surface area contributed by atoms with Crippen molar-refractivity contribution in [2.75, 3.05) is 24.7 Å². The van der Waals surface area contributed by atoms with Crippen LogP contribution in [0, 0.1) is 0 Å². The second-order valence-corrected chi connectivity index (χ2v) is 9.53. The molecule has 10 heteroatoms. The second kappa shape index (κ2) is 10.4. The van der Waals surface area contributed by atoms with Gasteiger partial charge in [-0.3, -0.25) is 14.3 Å². The maximum Gasteiger partial charge on any atom is 0.280 e. The van der Waals surface area contributed by atoms with Crippen LogP contribution in [0.5, 0.6) is 0 Å². The summed E-state index contributed by atoms with van der Waals surface area (Å²) < 4.78 is 7.40. The second-order valence-electron chi connectivity index (χ2n) is 7.32. The molecular weight excluding hydrogens is 434 g/mol. The zero-order valence-corrected chi connectivity index (χ0v) is 19.4. The molecule has 0 atom stereocenters. The summed E-state index contributed by atoms with van der Waals surface area (Å²) in [5.74, 6) is 0.985. The summed E-state index contributed by atoms with van der Waals surface area (Å²) in [7, 11) is 0. The average Bonchev–Trinajstić information content (AvgIpc) is 3.05. The van der Waals surface area contributed by atoms with E-state index in [1.807, 2.05) is 19.1 Å². The van der Waals surface area contributed by atoms with Gasteiger partial charge in [-0.1, -0.05) is 11.8 Å². The van der Waals surface area contributed by atoms with Gasteiger partial charge in [-0.05, 0) is 57.5 Å². The average molecular weight is 462 g/mol. The standard InChI is InChI=1S/C21H27N5O3S2/c1-4-29-21(2,3)10-13-30-14-6-8-15(9-7-14)31-20-23-16-17(26(20)11-5-12-27)24-19(22)25-18(16)28/h5-9,11,27H,4,10,12-13H2,1-3H3,(H3,22,24,25,28). The summed E-state index contributed by atoms with van der Waals surface area (Å²) in [6.07, 6.45) is 4.15. The number of nitrogens with two attached hydrogens (primary N) is 1. The topological polar surface area (TPSA) is 119 Å². The molecule has 3 rings (SSSR count). The van der Waals surface area contributed by atoms with Crippen molar-refractivity contribution in [1.82, 2.24) is 19.5 Å². The summed E-state index contributed by atoms with van der Waals surface area (Å²) in [6, 6.07) is 8.18. The lowest BCUT2D eigenvalue weighted by Gasteiger charge is -2.24. The maximum atomic E-state index is 12.2. The Morgan fingerprint density at radius 2 is 1.97 bits per heavy atom. The van der Waals surface area contributed by atoms with Crippen LogP contribution >= 0.6 is 23.5 Å². The predicted octanol–water partition coefficient (Wildman–Crippen LogP) is 3.61. The number of nitrogen functional groups attached to an aromatic ring is 1. The highest BCUT2D eigenvalue weighted by molar-refractivity contribution is 7.99. The fraction of sp³-hybridized carbons (Fsp3) is 0.381. The number of imidazole rings is 1. The molecular formula is C21H27N5O3S2. The summed E-state index contributed by atoms with van der Waals surface area (Å²) in [5, 5.41) is 9.72. The number of aromatic amines is 1.